The molecule has 0 radical (unpaired) electrons. The van der Waals surface area contributed by atoms with E-state index in [-0.39, 0.29) is 18.6 Å². The lowest BCUT2D eigenvalue weighted by Crippen LogP contribution is -2.47. The number of carbonyl (C=O) groups is 2. The number of thiophene rings is 1. The number of nitrogens with one attached hydrogen (secondary N) is 1. The summed E-state index contributed by atoms with van der Waals surface area (Å²) in [7, 11) is 0. The smallest absolute Gasteiger partial charge is 0.323 e. The SMILES string of the molecule is CCC(C)N(CC(=O)O)C(=O)NCCc1ccc(Cl)s1. The highest BCUT2D eigenvalue weighted by atomic mass is 35.5. The Balaban J connectivity index is 2.47. The fraction of sp³-hybridized carbons (Fsp3) is 0.538. The first-order valence-electron chi connectivity index (χ1n) is 6.44. The van der Waals surface area contributed by atoms with E-state index in [9.17, 15) is 9.59 Å². The molecule has 0 aliphatic heterocycles. The van der Waals surface area contributed by atoms with Crippen molar-refractivity contribution in [3.05, 3.63) is 21.3 Å². The lowest BCUT2D eigenvalue weighted by molar-refractivity contribution is -0.138. The number of amides is 2. The Hall–Kier alpha value is -1.27. The van der Waals surface area contributed by atoms with Crippen LogP contribution in [0.25, 0.3) is 0 Å². The van der Waals surface area contributed by atoms with Gasteiger partial charge in [0.1, 0.15) is 6.54 Å². The van der Waals surface area contributed by atoms with Gasteiger partial charge >= 0.3 is 12.0 Å². The van der Waals surface area contributed by atoms with Gasteiger partial charge in [-0.15, -0.1) is 11.3 Å². The number of carboxylic acid groups (broad SMARTS) is 1. The predicted molar refractivity (Wildman–Crippen MR) is 80.5 cm³/mol. The average molecular weight is 319 g/mol. The van der Waals surface area contributed by atoms with E-state index in [1.807, 2.05) is 26.0 Å². The highest BCUT2D eigenvalue weighted by Crippen LogP contribution is 2.21. The van der Waals surface area contributed by atoms with Gasteiger partial charge in [0.2, 0.25) is 0 Å². The number of hydrogen-bond donors (Lipinski definition) is 2. The monoisotopic (exact) mass is 318 g/mol. The lowest BCUT2D eigenvalue weighted by Gasteiger charge is -2.27. The maximum absolute atomic E-state index is 12.0. The van der Waals surface area contributed by atoms with E-state index in [0.717, 1.165) is 9.21 Å². The molecule has 1 unspecified atom stereocenters. The van der Waals surface area contributed by atoms with E-state index in [4.69, 9.17) is 16.7 Å². The fourth-order valence-electron chi connectivity index (χ4n) is 1.67. The van der Waals surface area contributed by atoms with Gasteiger partial charge in [-0.25, -0.2) is 4.79 Å². The summed E-state index contributed by atoms with van der Waals surface area (Å²) in [6.07, 6.45) is 1.39. The summed E-state index contributed by atoms with van der Waals surface area (Å²) in [5.41, 5.74) is 0. The molecule has 7 heteroatoms. The van der Waals surface area contributed by atoms with Crippen molar-refractivity contribution in [1.82, 2.24) is 10.2 Å². The van der Waals surface area contributed by atoms with E-state index >= 15 is 0 Å². The van der Waals surface area contributed by atoms with Crippen LogP contribution in [-0.4, -0.2) is 41.1 Å². The van der Waals surface area contributed by atoms with Crippen LogP contribution in [0.5, 0.6) is 0 Å². The van der Waals surface area contributed by atoms with E-state index in [0.29, 0.717) is 19.4 Å². The van der Waals surface area contributed by atoms with Gasteiger partial charge in [-0.1, -0.05) is 18.5 Å². The summed E-state index contributed by atoms with van der Waals surface area (Å²) in [6, 6.07) is 3.29. The van der Waals surface area contributed by atoms with Gasteiger partial charge in [-0.2, -0.15) is 0 Å². The van der Waals surface area contributed by atoms with Crippen molar-refractivity contribution >= 4 is 34.9 Å². The highest BCUT2D eigenvalue weighted by molar-refractivity contribution is 7.16. The van der Waals surface area contributed by atoms with Gasteiger partial charge in [0.25, 0.3) is 0 Å². The Morgan fingerprint density at radius 3 is 2.70 bits per heavy atom. The maximum atomic E-state index is 12.0. The molecule has 0 aliphatic rings. The average Bonchev–Trinajstić information content (AvgIpc) is 2.80. The topological polar surface area (TPSA) is 69.6 Å². The molecule has 1 aromatic heterocycles. The van der Waals surface area contributed by atoms with Crippen molar-refractivity contribution in [2.75, 3.05) is 13.1 Å². The first-order valence-corrected chi connectivity index (χ1v) is 7.64. The number of aliphatic carboxylic acids is 1. The highest BCUT2D eigenvalue weighted by Gasteiger charge is 2.21. The minimum Gasteiger partial charge on any atom is -0.480 e. The molecule has 0 saturated heterocycles. The van der Waals surface area contributed by atoms with Crippen molar-refractivity contribution < 1.29 is 14.7 Å². The number of nitrogens with zero attached hydrogens (tertiary/aromatic N) is 1. The van der Waals surface area contributed by atoms with Crippen molar-refractivity contribution in [2.24, 2.45) is 0 Å². The lowest BCUT2D eigenvalue weighted by atomic mass is 10.2. The van der Waals surface area contributed by atoms with Crippen LogP contribution in [0.1, 0.15) is 25.1 Å². The van der Waals surface area contributed by atoms with E-state index in [1.54, 1.807) is 0 Å². The quantitative estimate of drug-likeness (QED) is 0.812. The molecule has 0 bridgehead atoms. The van der Waals surface area contributed by atoms with Crippen LogP contribution in [-0.2, 0) is 11.2 Å². The summed E-state index contributed by atoms with van der Waals surface area (Å²) in [6.45, 7) is 3.93. The number of carboxylic acids is 1. The molecular formula is C13H19ClN2O3S. The summed E-state index contributed by atoms with van der Waals surface area (Å²) < 4.78 is 0.721. The van der Waals surface area contributed by atoms with E-state index < -0.39 is 5.97 Å². The molecule has 1 heterocycles. The molecule has 0 aromatic carbocycles. The summed E-state index contributed by atoms with van der Waals surface area (Å²) >= 11 is 7.30. The zero-order valence-electron chi connectivity index (χ0n) is 11.6. The summed E-state index contributed by atoms with van der Waals surface area (Å²) in [4.78, 5) is 25.2. The van der Waals surface area contributed by atoms with E-state index in [1.165, 1.54) is 16.2 Å². The molecule has 112 valence electrons. The third kappa shape index (κ3) is 5.38. The van der Waals surface area contributed by atoms with Crippen LogP contribution in [0.2, 0.25) is 4.34 Å². The largest absolute Gasteiger partial charge is 0.480 e. The number of rotatable bonds is 7. The van der Waals surface area contributed by atoms with Crippen LogP contribution >= 0.6 is 22.9 Å². The molecule has 2 amide bonds. The van der Waals surface area contributed by atoms with Gasteiger partial charge in [-0.3, -0.25) is 4.79 Å². The second-order valence-electron chi connectivity index (χ2n) is 4.47. The van der Waals surface area contributed by atoms with Gasteiger partial charge in [0, 0.05) is 17.5 Å². The van der Waals surface area contributed by atoms with Crippen molar-refractivity contribution in [3.8, 4) is 0 Å². The van der Waals surface area contributed by atoms with Crippen molar-refractivity contribution in [3.63, 3.8) is 0 Å². The van der Waals surface area contributed by atoms with E-state index in [2.05, 4.69) is 5.32 Å². The van der Waals surface area contributed by atoms with Crippen LogP contribution in [0.15, 0.2) is 12.1 Å². The second-order valence-corrected chi connectivity index (χ2v) is 6.27. The van der Waals surface area contributed by atoms with Crippen LogP contribution in [0.3, 0.4) is 0 Å². The Bertz CT molecular complexity index is 464. The summed E-state index contributed by atoms with van der Waals surface area (Å²) in [5.74, 6) is -1.01. The minimum atomic E-state index is -1.01. The molecule has 1 aromatic rings. The zero-order chi connectivity index (χ0) is 15.1. The number of halogens is 1. The van der Waals surface area contributed by atoms with Crippen LogP contribution in [0, 0.1) is 0 Å². The van der Waals surface area contributed by atoms with Gasteiger partial charge in [0.15, 0.2) is 0 Å². The Labute approximate surface area is 127 Å². The predicted octanol–water partition coefficient (Wildman–Crippen LogP) is 2.84. The Morgan fingerprint density at radius 2 is 2.20 bits per heavy atom. The maximum Gasteiger partial charge on any atom is 0.323 e. The zero-order valence-corrected chi connectivity index (χ0v) is 13.1. The third-order valence-corrected chi connectivity index (χ3v) is 4.26. The molecule has 0 aliphatic carbocycles. The third-order valence-electron chi connectivity index (χ3n) is 2.97. The normalized spacial score (nSPS) is 11.9. The molecule has 2 N–H and O–H groups in total. The Morgan fingerprint density at radius 1 is 1.50 bits per heavy atom. The first-order chi connectivity index (χ1) is 9.43. The Kier molecular flexibility index (Phi) is 6.81. The van der Waals surface area contributed by atoms with Gasteiger partial charge < -0.3 is 15.3 Å². The van der Waals surface area contributed by atoms with Gasteiger partial charge in [-0.05, 0) is 31.9 Å². The van der Waals surface area contributed by atoms with Crippen molar-refractivity contribution in [1.29, 1.82) is 0 Å². The number of carbonyl (C=O) groups excluding carboxylic acids is 1. The van der Waals surface area contributed by atoms with Crippen LogP contribution < -0.4 is 5.32 Å². The first kappa shape index (κ1) is 16.8. The fourth-order valence-corrected chi connectivity index (χ4v) is 2.76. The molecule has 1 rings (SSSR count). The summed E-state index contributed by atoms with van der Waals surface area (Å²) in [5, 5.41) is 11.6. The molecule has 20 heavy (non-hydrogen) atoms. The van der Waals surface area contributed by atoms with Crippen molar-refractivity contribution in [2.45, 2.75) is 32.7 Å². The molecular weight excluding hydrogens is 300 g/mol. The molecule has 0 spiro atoms. The standard InChI is InChI=1S/C13H19ClN2O3S/c1-3-9(2)16(8-12(17)18)13(19)15-7-6-10-4-5-11(14)20-10/h4-5,9H,3,6-8H2,1-2H3,(H,15,19)(H,17,18). The molecule has 5 nitrogen and oxygen atoms in total. The second kappa shape index (κ2) is 8.11. The molecule has 0 saturated carbocycles. The van der Waals surface area contributed by atoms with Gasteiger partial charge in [0.05, 0.1) is 4.34 Å². The number of hydrogen-bond acceptors (Lipinski definition) is 3. The van der Waals surface area contributed by atoms with Crippen LogP contribution in [0.4, 0.5) is 4.79 Å². The minimum absolute atomic E-state index is 0.109. The molecule has 1 atom stereocenters. The molecule has 0 fully saturated rings. The number of urea groups is 1.